The van der Waals surface area contributed by atoms with Crippen molar-refractivity contribution in [1.82, 2.24) is 4.90 Å². The number of benzene rings is 1. The molecule has 1 aliphatic carbocycles. The van der Waals surface area contributed by atoms with Gasteiger partial charge in [0.1, 0.15) is 0 Å². The summed E-state index contributed by atoms with van der Waals surface area (Å²) in [4.78, 5) is 5.40. The average molecular weight is 313 g/mol. The molecule has 1 atom stereocenters. The first kappa shape index (κ1) is 14.4. The predicted octanol–water partition coefficient (Wildman–Crippen LogP) is 3.51. The molecule has 0 amide bonds. The summed E-state index contributed by atoms with van der Waals surface area (Å²) in [7, 11) is 0. The molecular weight excluding hydrogens is 290 g/mol. The van der Waals surface area contributed by atoms with Crippen LogP contribution < -0.4 is 0 Å². The lowest BCUT2D eigenvalue weighted by atomic mass is 9.72. The van der Waals surface area contributed by atoms with Crippen molar-refractivity contribution >= 4 is 11.3 Å². The highest BCUT2D eigenvalue weighted by Gasteiger charge is 2.47. The zero-order valence-electron chi connectivity index (χ0n) is 13.1. The minimum atomic E-state index is -0.198. The third-order valence-electron chi connectivity index (χ3n) is 5.53. The third kappa shape index (κ3) is 2.32. The Kier molecular flexibility index (Phi) is 3.60. The van der Waals surface area contributed by atoms with E-state index in [-0.39, 0.29) is 11.5 Å². The van der Waals surface area contributed by atoms with E-state index in [2.05, 4.69) is 48.2 Å². The normalized spacial score (nSPS) is 23.8. The van der Waals surface area contributed by atoms with Gasteiger partial charge in [-0.3, -0.25) is 4.90 Å². The lowest BCUT2D eigenvalue weighted by Gasteiger charge is -2.42. The first-order valence-corrected chi connectivity index (χ1v) is 9.03. The van der Waals surface area contributed by atoms with Crippen molar-refractivity contribution in [3.63, 3.8) is 0 Å². The van der Waals surface area contributed by atoms with Crippen LogP contribution in [-0.4, -0.2) is 29.2 Å². The molecule has 22 heavy (non-hydrogen) atoms. The van der Waals surface area contributed by atoms with Crippen LogP contribution in [-0.2, 0) is 18.4 Å². The minimum absolute atomic E-state index is 0.0124. The summed E-state index contributed by atoms with van der Waals surface area (Å²) in [5.41, 5.74) is 2.78. The highest BCUT2D eigenvalue weighted by atomic mass is 32.1. The smallest absolute Gasteiger partial charge is 0.0678 e. The summed E-state index contributed by atoms with van der Waals surface area (Å²) in [6.45, 7) is 5.40. The molecule has 0 saturated carbocycles. The van der Waals surface area contributed by atoms with Crippen LogP contribution in [0.4, 0.5) is 0 Å². The summed E-state index contributed by atoms with van der Waals surface area (Å²) < 4.78 is 0. The van der Waals surface area contributed by atoms with Crippen LogP contribution in [0.1, 0.15) is 33.7 Å². The number of likely N-dealkylation sites (tertiary alicyclic amines) is 1. The Morgan fingerprint density at radius 1 is 1.18 bits per heavy atom. The molecule has 1 N–H and O–H groups in total. The van der Waals surface area contributed by atoms with Gasteiger partial charge in [-0.15, -0.1) is 11.3 Å². The SMILES string of the molecule is Cc1ccc(CN2CCC3(CC2)c2ccccc2C[C@@H]3O)s1. The van der Waals surface area contributed by atoms with Gasteiger partial charge < -0.3 is 5.11 Å². The zero-order chi connectivity index (χ0) is 15.2. The Balaban J connectivity index is 1.49. The maximum Gasteiger partial charge on any atom is 0.0678 e. The Bertz CT molecular complexity index is 670. The van der Waals surface area contributed by atoms with Gasteiger partial charge in [-0.05, 0) is 62.5 Å². The predicted molar refractivity (Wildman–Crippen MR) is 91.4 cm³/mol. The fourth-order valence-corrected chi connectivity index (χ4v) is 5.20. The van der Waals surface area contributed by atoms with E-state index < -0.39 is 0 Å². The molecule has 2 aliphatic rings. The number of aliphatic hydroxyl groups excluding tert-OH is 1. The van der Waals surface area contributed by atoms with Gasteiger partial charge in [0, 0.05) is 21.7 Å². The van der Waals surface area contributed by atoms with E-state index in [1.165, 1.54) is 20.9 Å². The fraction of sp³-hybridized carbons (Fsp3) is 0.474. The maximum absolute atomic E-state index is 10.7. The van der Waals surface area contributed by atoms with Crippen molar-refractivity contribution in [1.29, 1.82) is 0 Å². The number of nitrogens with zero attached hydrogens (tertiary/aromatic N) is 1. The largest absolute Gasteiger partial charge is 0.392 e. The number of hydrogen-bond donors (Lipinski definition) is 1. The second-order valence-electron chi connectivity index (χ2n) is 6.82. The fourth-order valence-electron chi connectivity index (χ4n) is 4.27. The molecule has 2 nitrogen and oxygen atoms in total. The van der Waals surface area contributed by atoms with Gasteiger partial charge in [-0.2, -0.15) is 0 Å². The van der Waals surface area contributed by atoms with Crippen LogP contribution in [0.15, 0.2) is 36.4 Å². The molecule has 1 aromatic carbocycles. The van der Waals surface area contributed by atoms with Gasteiger partial charge in [0.05, 0.1) is 6.10 Å². The quantitative estimate of drug-likeness (QED) is 0.917. The molecule has 2 heterocycles. The van der Waals surface area contributed by atoms with Crippen molar-refractivity contribution in [2.24, 2.45) is 0 Å². The number of aliphatic hydroxyl groups is 1. The summed E-state index contributed by atoms with van der Waals surface area (Å²) in [6.07, 6.45) is 2.79. The lowest BCUT2D eigenvalue weighted by Crippen LogP contribution is -2.46. The first-order valence-electron chi connectivity index (χ1n) is 8.21. The molecule has 116 valence electrons. The van der Waals surface area contributed by atoms with Gasteiger partial charge in [-0.1, -0.05) is 24.3 Å². The Morgan fingerprint density at radius 2 is 1.95 bits per heavy atom. The van der Waals surface area contributed by atoms with Crippen LogP contribution in [0.3, 0.4) is 0 Å². The van der Waals surface area contributed by atoms with Crippen molar-refractivity contribution in [2.45, 2.75) is 44.2 Å². The number of rotatable bonds is 2. The first-order chi connectivity index (χ1) is 10.7. The summed E-state index contributed by atoms with van der Waals surface area (Å²) in [5.74, 6) is 0. The second-order valence-corrected chi connectivity index (χ2v) is 8.19. The van der Waals surface area contributed by atoms with Gasteiger partial charge in [0.2, 0.25) is 0 Å². The van der Waals surface area contributed by atoms with Crippen LogP contribution >= 0.6 is 11.3 Å². The Morgan fingerprint density at radius 3 is 2.68 bits per heavy atom. The molecule has 0 bridgehead atoms. The van der Waals surface area contributed by atoms with E-state index in [1.54, 1.807) is 0 Å². The average Bonchev–Trinajstić information content (AvgIpc) is 3.04. The van der Waals surface area contributed by atoms with Crippen molar-refractivity contribution < 1.29 is 5.11 Å². The third-order valence-corrected chi connectivity index (χ3v) is 6.51. The summed E-state index contributed by atoms with van der Waals surface area (Å²) in [6, 6.07) is 13.1. The van der Waals surface area contributed by atoms with Crippen LogP contribution in [0.2, 0.25) is 0 Å². The molecule has 0 unspecified atom stereocenters. The number of piperidine rings is 1. The van der Waals surface area contributed by atoms with Gasteiger partial charge in [0.25, 0.3) is 0 Å². The molecule has 1 fully saturated rings. The minimum Gasteiger partial charge on any atom is -0.392 e. The second kappa shape index (κ2) is 5.48. The highest BCUT2D eigenvalue weighted by Crippen LogP contribution is 2.46. The molecule has 1 aromatic heterocycles. The molecule has 3 heteroatoms. The van der Waals surface area contributed by atoms with Crippen molar-refractivity contribution in [3.8, 4) is 0 Å². The topological polar surface area (TPSA) is 23.5 Å². The van der Waals surface area contributed by atoms with Gasteiger partial charge in [-0.25, -0.2) is 0 Å². The molecular formula is C19H23NOS. The van der Waals surface area contributed by atoms with Crippen molar-refractivity contribution in [3.05, 3.63) is 57.3 Å². The van der Waals surface area contributed by atoms with E-state index in [1.807, 2.05) is 11.3 Å². The zero-order valence-corrected chi connectivity index (χ0v) is 13.9. The number of thiophene rings is 1. The standard InChI is InChI=1S/C19H23NOS/c1-14-6-7-16(22-14)13-20-10-8-19(9-11-20)17-5-3-2-4-15(17)12-18(19)21/h2-7,18,21H,8-13H2,1H3/t18-/m0/s1. The number of aryl methyl sites for hydroxylation is 1. The van der Waals surface area contributed by atoms with Crippen molar-refractivity contribution in [2.75, 3.05) is 13.1 Å². The van der Waals surface area contributed by atoms with E-state index in [4.69, 9.17) is 0 Å². The monoisotopic (exact) mass is 313 g/mol. The lowest BCUT2D eigenvalue weighted by molar-refractivity contribution is 0.0416. The number of fused-ring (bicyclic) bond motifs is 2. The van der Waals surface area contributed by atoms with E-state index in [0.29, 0.717) is 0 Å². The van der Waals surface area contributed by atoms with Gasteiger partial charge in [0.15, 0.2) is 0 Å². The Labute approximate surface area is 136 Å². The van der Waals surface area contributed by atoms with Crippen LogP contribution in [0.25, 0.3) is 0 Å². The van der Waals surface area contributed by atoms with Crippen LogP contribution in [0, 0.1) is 6.92 Å². The molecule has 0 radical (unpaired) electrons. The van der Waals surface area contributed by atoms with E-state index in [9.17, 15) is 5.11 Å². The van der Waals surface area contributed by atoms with E-state index >= 15 is 0 Å². The molecule has 4 rings (SSSR count). The number of hydrogen-bond acceptors (Lipinski definition) is 3. The maximum atomic E-state index is 10.7. The highest BCUT2D eigenvalue weighted by molar-refractivity contribution is 7.11. The van der Waals surface area contributed by atoms with E-state index in [0.717, 1.165) is 38.9 Å². The van der Waals surface area contributed by atoms with Gasteiger partial charge >= 0.3 is 0 Å². The molecule has 1 aliphatic heterocycles. The molecule has 1 spiro atoms. The molecule has 1 saturated heterocycles. The summed E-state index contributed by atoms with van der Waals surface area (Å²) in [5, 5.41) is 10.7. The Hall–Kier alpha value is -1.16. The summed E-state index contributed by atoms with van der Waals surface area (Å²) >= 11 is 1.90. The van der Waals surface area contributed by atoms with Crippen LogP contribution in [0.5, 0.6) is 0 Å². The molecule has 2 aromatic rings.